The summed E-state index contributed by atoms with van der Waals surface area (Å²) in [5.74, 6) is 1.26. The first kappa shape index (κ1) is 20.9. The van der Waals surface area contributed by atoms with E-state index >= 15 is 0 Å². The highest BCUT2D eigenvalue weighted by molar-refractivity contribution is 5.91. The third kappa shape index (κ3) is 4.52. The minimum atomic E-state index is 0.464. The molecule has 4 aromatic rings. The van der Waals surface area contributed by atoms with E-state index in [4.69, 9.17) is 14.6 Å². The molecule has 0 aliphatic rings. The van der Waals surface area contributed by atoms with Gasteiger partial charge in [-0.3, -0.25) is 9.67 Å². The number of aromatic nitrogens is 3. The van der Waals surface area contributed by atoms with Crippen LogP contribution in [0.2, 0.25) is 0 Å². The van der Waals surface area contributed by atoms with Crippen molar-refractivity contribution in [2.75, 3.05) is 14.2 Å². The summed E-state index contributed by atoms with van der Waals surface area (Å²) in [6, 6.07) is 23.5. The van der Waals surface area contributed by atoms with Gasteiger partial charge in [0.05, 0.1) is 37.7 Å². The number of hydrogen-bond acceptors (Lipinski definition) is 5. The van der Waals surface area contributed by atoms with Gasteiger partial charge in [-0.25, -0.2) is 0 Å². The van der Waals surface area contributed by atoms with E-state index < -0.39 is 0 Å². The monoisotopic (exact) mass is 422 g/mol. The molecule has 4 rings (SSSR count). The number of pyridine rings is 1. The minimum Gasteiger partial charge on any atom is -0.493 e. The van der Waals surface area contributed by atoms with Crippen LogP contribution in [0, 0.1) is 11.3 Å². The average molecular weight is 422 g/mol. The Hall–Kier alpha value is -4.37. The van der Waals surface area contributed by atoms with Crippen molar-refractivity contribution in [2.24, 2.45) is 0 Å². The Labute approximate surface area is 187 Å². The van der Waals surface area contributed by atoms with Crippen LogP contribution >= 0.6 is 0 Å². The Balaban J connectivity index is 1.82. The van der Waals surface area contributed by atoms with Crippen molar-refractivity contribution < 1.29 is 9.47 Å². The minimum absolute atomic E-state index is 0.464. The fourth-order valence-electron chi connectivity index (χ4n) is 3.44. The number of benzene rings is 2. The number of nitrogens with zero attached hydrogens (tertiary/aromatic N) is 4. The summed E-state index contributed by atoms with van der Waals surface area (Å²) in [4.78, 5) is 4.32. The number of methoxy groups -OCH3 is 2. The van der Waals surface area contributed by atoms with Crippen LogP contribution in [0.25, 0.3) is 22.9 Å². The van der Waals surface area contributed by atoms with Crippen LogP contribution < -0.4 is 9.47 Å². The summed E-state index contributed by atoms with van der Waals surface area (Å²) in [5, 5.41) is 14.6. The molecule has 0 unspecified atom stereocenters. The SMILES string of the molecule is COc1ccc(-c2nn(Cc3ccccc3)cc2/C=C(\C#N)c2ccccn2)cc1OC. The molecule has 0 atom stereocenters. The van der Waals surface area contributed by atoms with E-state index in [0.29, 0.717) is 29.3 Å². The molecule has 2 aromatic heterocycles. The summed E-state index contributed by atoms with van der Waals surface area (Å²) in [5.41, 5.74) is 4.63. The quantitative estimate of drug-likeness (QED) is 0.389. The molecule has 0 spiro atoms. The first-order valence-electron chi connectivity index (χ1n) is 10.1. The van der Waals surface area contributed by atoms with Gasteiger partial charge in [0.1, 0.15) is 6.07 Å². The van der Waals surface area contributed by atoms with Crippen LogP contribution in [0.1, 0.15) is 16.8 Å². The van der Waals surface area contributed by atoms with Gasteiger partial charge in [-0.05, 0) is 42.0 Å². The highest BCUT2D eigenvalue weighted by Gasteiger charge is 2.15. The molecule has 0 saturated carbocycles. The van der Waals surface area contributed by atoms with Crippen LogP contribution in [0.4, 0.5) is 0 Å². The maximum atomic E-state index is 9.77. The fraction of sp³-hybridized carbons (Fsp3) is 0.115. The van der Waals surface area contributed by atoms with Crippen molar-refractivity contribution >= 4 is 11.6 Å². The van der Waals surface area contributed by atoms with Crippen LogP contribution in [0.15, 0.2) is 79.1 Å². The van der Waals surface area contributed by atoms with Gasteiger partial charge < -0.3 is 9.47 Å². The van der Waals surface area contributed by atoms with Gasteiger partial charge in [0, 0.05) is 23.5 Å². The molecular weight excluding hydrogens is 400 g/mol. The maximum absolute atomic E-state index is 9.77. The molecule has 0 amide bonds. The largest absolute Gasteiger partial charge is 0.493 e. The molecule has 6 nitrogen and oxygen atoms in total. The second-order valence-corrected chi connectivity index (χ2v) is 7.07. The number of rotatable bonds is 7. The third-order valence-electron chi connectivity index (χ3n) is 5.00. The zero-order valence-corrected chi connectivity index (χ0v) is 17.9. The molecule has 6 heteroatoms. The molecule has 0 aliphatic heterocycles. The summed E-state index contributed by atoms with van der Waals surface area (Å²) in [6.07, 6.45) is 5.44. The van der Waals surface area contributed by atoms with E-state index in [-0.39, 0.29) is 0 Å². The lowest BCUT2D eigenvalue weighted by Gasteiger charge is -2.09. The first-order chi connectivity index (χ1) is 15.7. The Morgan fingerprint density at radius 1 is 1.00 bits per heavy atom. The number of hydrogen-bond donors (Lipinski definition) is 0. The van der Waals surface area contributed by atoms with Crippen molar-refractivity contribution in [1.29, 1.82) is 5.26 Å². The van der Waals surface area contributed by atoms with Gasteiger partial charge >= 0.3 is 0 Å². The molecule has 0 radical (unpaired) electrons. The molecule has 0 aliphatic carbocycles. The topological polar surface area (TPSA) is 73.0 Å². The molecule has 2 heterocycles. The van der Waals surface area contributed by atoms with E-state index in [2.05, 4.69) is 23.2 Å². The normalized spacial score (nSPS) is 11.1. The van der Waals surface area contributed by atoms with Crippen LogP contribution in [0.3, 0.4) is 0 Å². The number of allylic oxidation sites excluding steroid dienone is 1. The summed E-state index contributed by atoms with van der Waals surface area (Å²) in [7, 11) is 3.21. The zero-order chi connectivity index (χ0) is 22.3. The van der Waals surface area contributed by atoms with Crippen molar-refractivity contribution in [2.45, 2.75) is 6.54 Å². The number of nitriles is 1. The number of ether oxygens (including phenoxy) is 2. The Kier molecular flexibility index (Phi) is 6.28. The van der Waals surface area contributed by atoms with E-state index in [1.54, 1.807) is 20.4 Å². The fourth-order valence-corrected chi connectivity index (χ4v) is 3.44. The molecule has 0 fully saturated rings. The predicted molar refractivity (Wildman–Crippen MR) is 124 cm³/mol. The lowest BCUT2D eigenvalue weighted by molar-refractivity contribution is 0.355. The van der Waals surface area contributed by atoms with E-state index in [0.717, 1.165) is 22.4 Å². The molecule has 158 valence electrons. The van der Waals surface area contributed by atoms with Gasteiger partial charge in [-0.2, -0.15) is 10.4 Å². The van der Waals surface area contributed by atoms with Gasteiger partial charge in [0.2, 0.25) is 0 Å². The van der Waals surface area contributed by atoms with Crippen LogP contribution in [-0.4, -0.2) is 29.0 Å². The summed E-state index contributed by atoms with van der Waals surface area (Å²) >= 11 is 0. The third-order valence-corrected chi connectivity index (χ3v) is 5.00. The highest BCUT2D eigenvalue weighted by atomic mass is 16.5. The average Bonchev–Trinajstić information content (AvgIpc) is 3.25. The Morgan fingerprint density at radius 3 is 2.47 bits per heavy atom. The second kappa shape index (κ2) is 9.63. The van der Waals surface area contributed by atoms with E-state index in [1.165, 1.54) is 0 Å². The molecule has 32 heavy (non-hydrogen) atoms. The molecule has 0 bridgehead atoms. The van der Waals surface area contributed by atoms with E-state index in [1.807, 2.05) is 71.6 Å². The van der Waals surface area contributed by atoms with Crippen molar-refractivity contribution in [3.63, 3.8) is 0 Å². The van der Waals surface area contributed by atoms with Gasteiger partial charge in [0.25, 0.3) is 0 Å². The molecular formula is C26H22N4O2. The summed E-state index contributed by atoms with van der Waals surface area (Å²) < 4.78 is 12.7. The summed E-state index contributed by atoms with van der Waals surface area (Å²) in [6.45, 7) is 0.612. The Bertz CT molecular complexity index is 1270. The second-order valence-electron chi connectivity index (χ2n) is 7.07. The standard InChI is InChI=1S/C26H22N4O2/c1-31-24-12-11-20(15-25(24)32-2)26-22(14-21(16-27)23-10-6-7-13-28-23)18-30(29-26)17-19-8-4-3-5-9-19/h3-15,18H,17H2,1-2H3/b21-14+. The van der Waals surface area contributed by atoms with Crippen molar-refractivity contribution in [3.05, 3.63) is 95.9 Å². The lowest BCUT2D eigenvalue weighted by atomic mass is 10.0. The van der Waals surface area contributed by atoms with Gasteiger partial charge in [-0.15, -0.1) is 0 Å². The van der Waals surface area contributed by atoms with Gasteiger partial charge in [0.15, 0.2) is 11.5 Å². The predicted octanol–water partition coefficient (Wildman–Crippen LogP) is 5.07. The highest BCUT2D eigenvalue weighted by Crippen LogP contribution is 2.34. The zero-order valence-electron chi connectivity index (χ0n) is 17.9. The molecule has 0 N–H and O–H groups in total. The lowest BCUT2D eigenvalue weighted by Crippen LogP contribution is -2.00. The Morgan fingerprint density at radius 2 is 1.78 bits per heavy atom. The van der Waals surface area contributed by atoms with Crippen molar-refractivity contribution in [1.82, 2.24) is 14.8 Å². The molecule has 0 saturated heterocycles. The van der Waals surface area contributed by atoms with Crippen LogP contribution in [-0.2, 0) is 6.54 Å². The van der Waals surface area contributed by atoms with Crippen LogP contribution in [0.5, 0.6) is 11.5 Å². The smallest absolute Gasteiger partial charge is 0.161 e. The van der Waals surface area contributed by atoms with E-state index in [9.17, 15) is 5.26 Å². The maximum Gasteiger partial charge on any atom is 0.161 e. The van der Waals surface area contributed by atoms with Crippen molar-refractivity contribution in [3.8, 4) is 28.8 Å². The van der Waals surface area contributed by atoms with Gasteiger partial charge in [-0.1, -0.05) is 36.4 Å². The first-order valence-corrected chi connectivity index (χ1v) is 10.1. The molecule has 2 aromatic carbocycles.